The highest BCUT2D eigenvalue weighted by molar-refractivity contribution is 7.93. The van der Waals surface area contributed by atoms with E-state index in [1.165, 1.54) is 11.4 Å². The lowest BCUT2D eigenvalue weighted by Gasteiger charge is -2.12. The Labute approximate surface area is 240 Å². The summed E-state index contributed by atoms with van der Waals surface area (Å²) in [6.07, 6.45) is 0. The standard InChI is InChI=1S/C17H15Cl2N3O4S2.C8H10ClN/c1-8-6-9(2)14(11(18)7-8)20-16(23)15-12(4-5-27-15)28(24,25)22-17-13(19)10(3)21-26-17;1-5-3-6(2)8(10)7(9)4-5/h4-7,22H,1-3H3,(H,20,23);3-4H,10H2,1-2H3. The van der Waals surface area contributed by atoms with Gasteiger partial charge in [-0.15, -0.1) is 11.3 Å². The maximum atomic E-state index is 12.7. The lowest BCUT2D eigenvalue weighted by molar-refractivity contribution is 0.102. The van der Waals surface area contributed by atoms with Gasteiger partial charge in [-0.2, -0.15) is 0 Å². The first-order valence-electron chi connectivity index (χ1n) is 11.0. The Morgan fingerprint density at radius 2 is 1.58 bits per heavy atom. The summed E-state index contributed by atoms with van der Waals surface area (Å²) in [5.41, 5.74) is 11.0. The molecule has 0 bridgehead atoms. The molecule has 4 N–H and O–H groups in total. The molecule has 13 heteroatoms. The number of thiophene rings is 1. The molecule has 0 saturated carbocycles. The third kappa shape index (κ3) is 6.81. The highest BCUT2D eigenvalue weighted by Crippen LogP contribution is 2.32. The predicted molar refractivity (Wildman–Crippen MR) is 156 cm³/mol. The number of nitrogen functional groups attached to an aromatic ring is 1. The summed E-state index contributed by atoms with van der Waals surface area (Å²) in [5, 5.41) is 8.85. The van der Waals surface area contributed by atoms with E-state index < -0.39 is 15.9 Å². The molecule has 4 aromatic rings. The summed E-state index contributed by atoms with van der Waals surface area (Å²) >= 11 is 19.0. The van der Waals surface area contributed by atoms with Gasteiger partial charge in [-0.05, 0) is 80.5 Å². The minimum Gasteiger partial charge on any atom is -0.397 e. The van der Waals surface area contributed by atoms with E-state index in [-0.39, 0.29) is 20.7 Å². The van der Waals surface area contributed by atoms with E-state index in [0.717, 1.165) is 33.6 Å². The summed E-state index contributed by atoms with van der Waals surface area (Å²) in [6, 6.07) is 8.78. The quantitative estimate of drug-likeness (QED) is 0.199. The normalized spacial score (nSPS) is 11.1. The number of nitrogens with zero attached hydrogens (tertiary/aromatic N) is 1. The van der Waals surface area contributed by atoms with Crippen LogP contribution in [0.15, 0.2) is 45.1 Å². The summed E-state index contributed by atoms with van der Waals surface area (Å²) in [4.78, 5) is 12.5. The number of aryl methyl sites for hydroxylation is 5. The fraction of sp³-hybridized carbons (Fsp3) is 0.200. The largest absolute Gasteiger partial charge is 0.397 e. The van der Waals surface area contributed by atoms with E-state index in [4.69, 9.17) is 45.1 Å². The first kappa shape index (κ1) is 29.8. The van der Waals surface area contributed by atoms with E-state index >= 15 is 0 Å². The van der Waals surface area contributed by atoms with E-state index in [1.54, 1.807) is 19.9 Å². The Balaban J connectivity index is 0.000000336. The molecule has 1 amide bonds. The van der Waals surface area contributed by atoms with Crippen LogP contribution in [0.2, 0.25) is 15.1 Å². The van der Waals surface area contributed by atoms with Gasteiger partial charge < -0.3 is 15.6 Å². The van der Waals surface area contributed by atoms with Crippen LogP contribution in [-0.4, -0.2) is 19.5 Å². The summed E-state index contributed by atoms with van der Waals surface area (Å²) in [5.74, 6) is -0.807. The molecule has 202 valence electrons. The average Bonchev–Trinajstić information content (AvgIpc) is 3.44. The molecule has 0 saturated heterocycles. The molecule has 0 fully saturated rings. The molecule has 38 heavy (non-hydrogen) atoms. The van der Waals surface area contributed by atoms with Gasteiger partial charge in [0.2, 0.25) is 0 Å². The lowest BCUT2D eigenvalue weighted by Crippen LogP contribution is -2.19. The molecular weight excluding hydrogens is 591 g/mol. The highest BCUT2D eigenvalue weighted by atomic mass is 35.5. The SMILES string of the molecule is Cc1cc(C)c(N)c(Cl)c1.Cc1cc(C)c(NC(=O)c2sccc2S(=O)(=O)Nc2onc(C)c2Cl)c(Cl)c1. The molecule has 4 rings (SSSR count). The number of rotatable bonds is 5. The van der Waals surface area contributed by atoms with Crippen molar-refractivity contribution in [3.8, 4) is 0 Å². The van der Waals surface area contributed by atoms with Gasteiger partial charge in [0.15, 0.2) is 0 Å². The Hall–Kier alpha value is -2.76. The minimum atomic E-state index is -4.13. The van der Waals surface area contributed by atoms with Crippen LogP contribution in [0.3, 0.4) is 0 Å². The number of nitrogens with two attached hydrogens (primary N) is 1. The molecule has 2 aromatic heterocycles. The fourth-order valence-electron chi connectivity index (χ4n) is 3.44. The van der Waals surface area contributed by atoms with Gasteiger partial charge in [-0.1, -0.05) is 52.1 Å². The Morgan fingerprint density at radius 3 is 2.13 bits per heavy atom. The van der Waals surface area contributed by atoms with Crippen molar-refractivity contribution in [2.45, 2.75) is 39.5 Å². The van der Waals surface area contributed by atoms with Crippen molar-refractivity contribution in [1.82, 2.24) is 5.16 Å². The van der Waals surface area contributed by atoms with Gasteiger partial charge in [-0.3, -0.25) is 4.79 Å². The van der Waals surface area contributed by atoms with Crippen LogP contribution in [0, 0.1) is 34.6 Å². The van der Waals surface area contributed by atoms with Crippen molar-refractivity contribution in [3.05, 3.63) is 83.6 Å². The summed E-state index contributed by atoms with van der Waals surface area (Å²) in [6.45, 7) is 9.21. The van der Waals surface area contributed by atoms with Crippen LogP contribution in [0.5, 0.6) is 0 Å². The molecule has 8 nitrogen and oxygen atoms in total. The number of amides is 1. The van der Waals surface area contributed by atoms with Crippen molar-refractivity contribution in [2.75, 3.05) is 15.8 Å². The Bertz CT molecular complexity index is 1570. The number of nitrogens with one attached hydrogen (secondary N) is 2. The van der Waals surface area contributed by atoms with E-state index in [1.807, 2.05) is 39.0 Å². The molecule has 0 aliphatic heterocycles. The van der Waals surface area contributed by atoms with Crippen molar-refractivity contribution in [1.29, 1.82) is 0 Å². The van der Waals surface area contributed by atoms with Gasteiger partial charge in [0.25, 0.3) is 21.8 Å². The molecule has 0 aliphatic carbocycles. The predicted octanol–water partition coefficient (Wildman–Crippen LogP) is 7.56. The van der Waals surface area contributed by atoms with Gasteiger partial charge in [0, 0.05) is 0 Å². The zero-order valence-corrected chi connectivity index (χ0v) is 25.0. The van der Waals surface area contributed by atoms with Crippen LogP contribution >= 0.6 is 46.1 Å². The van der Waals surface area contributed by atoms with E-state index in [2.05, 4.69) is 15.2 Å². The number of anilines is 3. The third-order valence-electron chi connectivity index (χ3n) is 5.29. The Kier molecular flexibility index (Phi) is 9.38. The van der Waals surface area contributed by atoms with Crippen LogP contribution < -0.4 is 15.8 Å². The van der Waals surface area contributed by atoms with Crippen molar-refractivity contribution >= 4 is 79.3 Å². The van der Waals surface area contributed by atoms with E-state index in [0.29, 0.717) is 27.1 Å². The average molecular weight is 616 g/mol. The second-order valence-electron chi connectivity index (χ2n) is 8.50. The van der Waals surface area contributed by atoms with Crippen LogP contribution in [0.4, 0.5) is 17.3 Å². The number of hydrogen-bond donors (Lipinski definition) is 3. The molecule has 2 aromatic carbocycles. The maximum absolute atomic E-state index is 12.7. The van der Waals surface area contributed by atoms with Crippen molar-refractivity contribution < 1.29 is 17.7 Å². The lowest BCUT2D eigenvalue weighted by atomic mass is 10.1. The molecule has 0 atom stereocenters. The molecule has 0 radical (unpaired) electrons. The maximum Gasteiger partial charge on any atom is 0.267 e. The topological polar surface area (TPSA) is 127 Å². The third-order valence-corrected chi connectivity index (χ3v) is 8.77. The van der Waals surface area contributed by atoms with Gasteiger partial charge >= 0.3 is 0 Å². The van der Waals surface area contributed by atoms with Crippen LogP contribution in [0.1, 0.15) is 37.6 Å². The van der Waals surface area contributed by atoms with Crippen molar-refractivity contribution in [2.24, 2.45) is 0 Å². The number of carbonyl (C=O) groups is 1. The van der Waals surface area contributed by atoms with Crippen LogP contribution in [-0.2, 0) is 10.0 Å². The second-order valence-corrected chi connectivity index (χ2v) is 12.3. The smallest absolute Gasteiger partial charge is 0.267 e. The van der Waals surface area contributed by atoms with E-state index in [9.17, 15) is 13.2 Å². The first-order chi connectivity index (χ1) is 17.7. The summed E-state index contributed by atoms with van der Waals surface area (Å²) in [7, 11) is -4.13. The number of hydrogen-bond acceptors (Lipinski definition) is 7. The zero-order chi connectivity index (χ0) is 28.4. The van der Waals surface area contributed by atoms with Gasteiger partial charge in [0.05, 0.1) is 21.4 Å². The van der Waals surface area contributed by atoms with Gasteiger partial charge in [-0.25, -0.2) is 13.1 Å². The number of aromatic nitrogens is 1. The number of sulfonamides is 1. The number of benzene rings is 2. The fourth-order valence-corrected chi connectivity index (χ4v) is 6.63. The van der Waals surface area contributed by atoms with Gasteiger partial charge in [0.1, 0.15) is 20.5 Å². The minimum absolute atomic E-state index is 0.00380. The number of carbonyl (C=O) groups excluding carboxylic acids is 1. The van der Waals surface area contributed by atoms with Crippen LogP contribution in [0.25, 0.3) is 0 Å². The monoisotopic (exact) mass is 614 g/mol. The highest BCUT2D eigenvalue weighted by Gasteiger charge is 2.27. The molecule has 0 spiro atoms. The molecule has 2 heterocycles. The van der Waals surface area contributed by atoms with Crippen molar-refractivity contribution in [3.63, 3.8) is 0 Å². The Morgan fingerprint density at radius 1 is 0.974 bits per heavy atom. The number of halogens is 3. The zero-order valence-electron chi connectivity index (χ0n) is 21.1. The molecule has 0 aliphatic rings. The second kappa shape index (κ2) is 12.0. The first-order valence-corrected chi connectivity index (χ1v) is 14.5. The molecule has 0 unspecified atom stereocenters. The molecular formula is C25H25Cl3N4O4S2. The summed E-state index contributed by atoms with van der Waals surface area (Å²) < 4.78 is 32.5.